The Kier molecular flexibility index (Phi) is 1.44. The third-order valence-corrected chi connectivity index (χ3v) is 2.32. The minimum absolute atomic E-state index is 0.721. The normalized spacial score (nSPS) is 47.1. The Morgan fingerprint density at radius 2 is 1.80 bits per heavy atom. The standard InChI is InChI=1S/C7H13NO2/c8-7-5-6(1-3-9-7)2-4-10-7/h6H,1-5,8H2. The zero-order chi connectivity index (χ0) is 7.03. The van der Waals surface area contributed by atoms with Crippen molar-refractivity contribution in [2.75, 3.05) is 13.2 Å². The van der Waals surface area contributed by atoms with E-state index in [1.165, 1.54) is 0 Å². The largest absolute Gasteiger partial charge is 0.338 e. The van der Waals surface area contributed by atoms with Crippen LogP contribution in [0.5, 0.6) is 0 Å². The fourth-order valence-corrected chi connectivity index (χ4v) is 1.71. The zero-order valence-corrected chi connectivity index (χ0v) is 6.01. The molecule has 0 atom stereocenters. The molecule has 0 aromatic rings. The maximum atomic E-state index is 5.76. The molecule has 2 heterocycles. The number of hydrogen-bond donors (Lipinski definition) is 1. The van der Waals surface area contributed by atoms with E-state index in [0.717, 1.165) is 38.4 Å². The number of hydrogen-bond acceptors (Lipinski definition) is 3. The van der Waals surface area contributed by atoms with Crippen LogP contribution in [0.1, 0.15) is 19.3 Å². The Hall–Kier alpha value is -0.120. The number of fused-ring (bicyclic) bond motifs is 2. The Bertz CT molecular complexity index is 128. The highest BCUT2D eigenvalue weighted by atomic mass is 16.7. The summed E-state index contributed by atoms with van der Waals surface area (Å²) in [4.78, 5) is 0. The van der Waals surface area contributed by atoms with E-state index >= 15 is 0 Å². The summed E-state index contributed by atoms with van der Waals surface area (Å²) in [7, 11) is 0. The van der Waals surface area contributed by atoms with Gasteiger partial charge in [0.1, 0.15) is 0 Å². The first kappa shape index (κ1) is 6.58. The summed E-state index contributed by atoms with van der Waals surface area (Å²) in [5.41, 5.74) is 5.76. The van der Waals surface area contributed by atoms with Gasteiger partial charge in [-0.3, -0.25) is 5.73 Å². The predicted molar refractivity (Wildman–Crippen MR) is 36.2 cm³/mol. The molecule has 0 aromatic carbocycles. The van der Waals surface area contributed by atoms with Gasteiger partial charge in [0, 0.05) is 6.42 Å². The average molecular weight is 143 g/mol. The first-order valence-corrected chi connectivity index (χ1v) is 3.85. The van der Waals surface area contributed by atoms with E-state index < -0.39 is 5.91 Å². The second-order valence-electron chi connectivity index (χ2n) is 3.16. The van der Waals surface area contributed by atoms with E-state index in [1.54, 1.807) is 0 Å². The molecule has 2 aliphatic heterocycles. The number of ether oxygens (including phenoxy) is 2. The monoisotopic (exact) mass is 143 g/mol. The van der Waals surface area contributed by atoms with E-state index in [-0.39, 0.29) is 0 Å². The Morgan fingerprint density at radius 1 is 1.20 bits per heavy atom. The van der Waals surface area contributed by atoms with E-state index in [2.05, 4.69) is 0 Å². The molecule has 2 rings (SSSR count). The van der Waals surface area contributed by atoms with Crippen molar-refractivity contribution in [3.8, 4) is 0 Å². The van der Waals surface area contributed by atoms with Gasteiger partial charge in [-0.2, -0.15) is 0 Å². The highest BCUT2D eigenvalue weighted by Gasteiger charge is 2.38. The second-order valence-corrected chi connectivity index (χ2v) is 3.16. The second kappa shape index (κ2) is 2.19. The third-order valence-electron chi connectivity index (χ3n) is 2.32. The highest BCUT2D eigenvalue weighted by molar-refractivity contribution is 4.78. The van der Waals surface area contributed by atoms with Crippen molar-refractivity contribution in [3.63, 3.8) is 0 Å². The summed E-state index contributed by atoms with van der Waals surface area (Å²) in [6, 6.07) is 0. The lowest BCUT2D eigenvalue weighted by atomic mass is 9.92. The van der Waals surface area contributed by atoms with Gasteiger partial charge in [-0.15, -0.1) is 0 Å². The van der Waals surface area contributed by atoms with Crippen LogP contribution in [0.15, 0.2) is 0 Å². The lowest BCUT2D eigenvalue weighted by Crippen LogP contribution is -2.53. The molecule has 0 spiro atoms. The first-order chi connectivity index (χ1) is 4.79. The maximum Gasteiger partial charge on any atom is 0.225 e. The summed E-state index contributed by atoms with van der Waals surface area (Å²) < 4.78 is 10.6. The first-order valence-electron chi connectivity index (χ1n) is 3.85. The predicted octanol–water partition coefficient (Wildman–Crippen LogP) is 0.446. The summed E-state index contributed by atoms with van der Waals surface area (Å²) in [6.45, 7) is 1.53. The molecule has 2 saturated heterocycles. The van der Waals surface area contributed by atoms with Crippen molar-refractivity contribution in [2.24, 2.45) is 11.7 Å². The molecule has 0 saturated carbocycles. The van der Waals surface area contributed by atoms with Gasteiger partial charge < -0.3 is 9.47 Å². The minimum atomic E-state index is -0.721. The molecule has 58 valence electrons. The summed E-state index contributed by atoms with van der Waals surface area (Å²) >= 11 is 0. The van der Waals surface area contributed by atoms with Gasteiger partial charge in [-0.05, 0) is 18.8 Å². The maximum absolute atomic E-state index is 5.76. The number of rotatable bonds is 0. The molecule has 2 bridgehead atoms. The van der Waals surface area contributed by atoms with Crippen molar-refractivity contribution >= 4 is 0 Å². The van der Waals surface area contributed by atoms with Gasteiger partial charge in [0.2, 0.25) is 5.91 Å². The summed E-state index contributed by atoms with van der Waals surface area (Å²) in [6.07, 6.45) is 3.19. The van der Waals surface area contributed by atoms with Gasteiger partial charge in [0.25, 0.3) is 0 Å². The van der Waals surface area contributed by atoms with Crippen LogP contribution in [-0.4, -0.2) is 19.1 Å². The molecule has 0 aliphatic carbocycles. The van der Waals surface area contributed by atoms with Crippen molar-refractivity contribution < 1.29 is 9.47 Å². The van der Waals surface area contributed by atoms with Crippen LogP contribution in [0.4, 0.5) is 0 Å². The molecule has 0 unspecified atom stereocenters. The third kappa shape index (κ3) is 1.05. The van der Waals surface area contributed by atoms with Gasteiger partial charge >= 0.3 is 0 Å². The van der Waals surface area contributed by atoms with E-state index in [1.807, 2.05) is 0 Å². The van der Waals surface area contributed by atoms with E-state index in [0.29, 0.717) is 0 Å². The molecule has 2 aliphatic rings. The molecule has 10 heavy (non-hydrogen) atoms. The van der Waals surface area contributed by atoms with Crippen molar-refractivity contribution in [1.82, 2.24) is 0 Å². The van der Waals surface area contributed by atoms with Crippen LogP contribution in [-0.2, 0) is 9.47 Å². The molecule has 0 radical (unpaired) electrons. The molecule has 2 fully saturated rings. The van der Waals surface area contributed by atoms with Crippen LogP contribution in [0, 0.1) is 5.92 Å². The van der Waals surface area contributed by atoms with E-state index in [4.69, 9.17) is 15.2 Å². The number of nitrogens with two attached hydrogens (primary N) is 1. The minimum Gasteiger partial charge on any atom is -0.338 e. The lowest BCUT2D eigenvalue weighted by molar-refractivity contribution is -0.284. The smallest absolute Gasteiger partial charge is 0.225 e. The summed E-state index contributed by atoms with van der Waals surface area (Å²) in [5.74, 6) is 0.0220. The van der Waals surface area contributed by atoms with Crippen LogP contribution in [0.25, 0.3) is 0 Å². The highest BCUT2D eigenvalue weighted by Crippen LogP contribution is 2.32. The fourth-order valence-electron chi connectivity index (χ4n) is 1.71. The molecule has 2 N–H and O–H groups in total. The van der Waals surface area contributed by atoms with Gasteiger partial charge in [-0.1, -0.05) is 0 Å². The Balaban J connectivity index is 2.07. The fraction of sp³-hybridized carbons (Fsp3) is 1.00. The van der Waals surface area contributed by atoms with Crippen LogP contribution < -0.4 is 5.73 Å². The zero-order valence-electron chi connectivity index (χ0n) is 6.01. The quantitative estimate of drug-likeness (QED) is 0.535. The Morgan fingerprint density at radius 3 is 2.20 bits per heavy atom. The molecule has 0 amide bonds. The van der Waals surface area contributed by atoms with Crippen molar-refractivity contribution in [3.05, 3.63) is 0 Å². The molecule has 0 aromatic heterocycles. The van der Waals surface area contributed by atoms with Crippen molar-refractivity contribution in [2.45, 2.75) is 25.2 Å². The van der Waals surface area contributed by atoms with Crippen LogP contribution in [0.2, 0.25) is 0 Å². The van der Waals surface area contributed by atoms with Gasteiger partial charge in [0.05, 0.1) is 13.2 Å². The van der Waals surface area contributed by atoms with Gasteiger partial charge in [-0.25, -0.2) is 0 Å². The van der Waals surface area contributed by atoms with Crippen molar-refractivity contribution in [1.29, 1.82) is 0 Å². The van der Waals surface area contributed by atoms with Crippen LogP contribution in [0.3, 0.4) is 0 Å². The topological polar surface area (TPSA) is 44.5 Å². The molecule has 3 heteroatoms. The molecular weight excluding hydrogens is 130 g/mol. The van der Waals surface area contributed by atoms with E-state index in [9.17, 15) is 0 Å². The van der Waals surface area contributed by atoms with Crippen LogP contribution >= 0.6 is 0 Å². The summed E-state index contributed by atoms with van der Waals surface area (Å²) in [5, 5.41) is 0. The average Bonchev–Trinajstić information content (AvgIpc) is 1.86. The molecule has 3 nitrogen and oxygen atoms in total. The molecular formula is C7H13NO2. The van der Waals surface area contributed by atoms with Gasteiger partial charge in [0.15, 0.2) is 0 Å². The lowest BCUT2D eigenvalue weighted by Gasteiger charge is -2.41. The SMILES string of the molecule is NC12CC(CCO1)CCO2. The Labute approximate surface area is 60.5 Å².